The van der Waals surface area contributed by atoms with E-state index in [0.29, 0.717) is 16.7 Å². The largest absolute Gasteiger partial charge is 0.493 e. The molecule has 0 saturated carbocycles. The second-order valence-corrected chi connectivity index (χ2v) is 7.95. The van der Waals surface area contributed by atoms with E-state index in [1.54, 1.807) is 72.8 Å². The van der Waals surface area contributed by atoms with E-state index in [0.717, 1.165) is 6.07 Å². The number of aliphatic hydroxyl groups is 1. The Labute approximate surface area is 212 Å². The fraction of sp³-hybridized carbons (Fsp3) is 0.0690. The number of carbonyl (C=O) groups is 2. The van der Waals surface area contributed by atoms with Crippen molar-refractivity contribution < 1.29 is 28.6 Å². The summed E-state index contributed by atoms with van der Waals surface area (Å²) in [4.78, 5) is 25.5. The Morgan fingerprint density at radius 1 is 0.865 bits per heavy atom. The average Bonchev–Trinajstić information content (AvgIpc) is 2.94. The normalized spacial score (nSPS) is 11.2. The molecule has 0 aliphatic carbocycles. The number of hydrazone groups is 1. The van der Waals surface area contributed by atoms with E-state index in [9.17, 15) is 19.1 Å². The monoisotopic (exact) mass is 498 g/mol. The number of amides is 1. The first kappa shape index (κ1) is 25.3. The molecular formula is C29H23FN2O5. The van der Waals surface area contributed by atoms with Gasteiger partial charge in [0.05, 0.1) is 18.9 Å². The summed E-state index contributed by atoms with van der Waals surface area (Å²) in [7, 11) is 1.40. The summed E-state index contributed by atoms with van der Waals surface area (Å²) < 4.78 is 24.1. The first-order valence-electron chi connectivity index (χ1n) is 11.2. The van der Waals surface area contributed by atoms with E-state index in [1.165, 1.54) is 37.6 Å². The van der Waals surface area contributed by atoms with Crippen LogP contribution < -0.4 is 14.9 Å². The third kappa shape index (κ3) is 5.71. The Hall–Kier alpha value is -4.82. The number of nitrogens with zero attached hydrogens (tertiary/aromatic N) is 1. The maximum absolute atomic E-state index is 13.4. The lowest BCUT2D eigenvalue weighted by Crippen LogP contribution is -2.43. The van der Waals surface area contributed by atoms with Crippen molar-refractivity contribution in [3.8, 4) is 11.5 Å². The number of halogens is 1. The number of nitrogens with one attached hydrogen (secondary N) is 1. The highest BCUT2D eigenvalue weighted by Crippen LogP contribution is 2.30. The third-order valence-electron chi connectivity index (χ3n) is 5.54. The summed E-state index contributed by atoms with van der Waals surface area (Å²) in [5.74, 6) is -1.69. The first-order chi connectivity index (χ1) is 17.9. The predicted octanol–water partition coefficient (Wildman–Crippen LogP) is 4.44. The van der Waals surface area contributed by atoms with Gasteiger partial charge < -0.3 is 14.6 Å². The van der Waals surface area contributed by atoms with Crippen molar-refractivity contribution in [1.29, 1.82) is 0 Å². The number of hydrogen-bond donors (Lipinski definition) is 2. The molecule has 0 aromatic heterocycles. The fourth-order valence-electron chi connectivity index (χ4n) is 3.66. The summed E-state index contributed by atoms with van der Waals surface area (Å²) >= 11 is 0. The van der Waals surface area contributed by atoms with Crippen molar-refractivity contribution in [2.24, 2.45) is 5.10 Å². The van der Waals surface area contributed by atoms with Crippen LogP contribution in [0.3, 0.4) is 0 Å². The first-order valence-corrected chi connectivity index (χ1v) is 11.2. The van der Waals surface area contributed by atoms with Crippen LogP contribution in [-0.4, -0.2) is 30.3 Å². The number of methoxy groups -OCH3 is 1. The Morgan fingerprint density at radius 2 is 1.51 bits per heavy atom. The number of rotatable bonds is 8. The van der Waals surface area contributed by atoms with Gasteiger partial charge in [0.1, 0.15) is 5.82 Å². The van der Waals surface area contributed by atoms with Crippen molar-refractivity contribution in [3.63, 3.8) is 0 Å². The molecule has 0 radical (unpaired) electrons. The smallest absolute Gasteiger partial charge is 0.343 e. The molecule has 0 spiro atoms. The molecule has 7 nitrogen and oxygen atoms in total. The second-order valence-electron chi connectivity index (χ2n) is 7.95. The van der Waals surface area contributed by atoms with Gasteiger partial charge in [-0.2, -0.15) is 5.10 Å². The number of benzene rings is 4. The lowest BCUT2D eigenvalue weighted by atomic mass is 9.85. The van der Waals surface area contributed by atoms with Gasteiger partial charge in [0.25, 0.3) is 5.91 Å². The quantitative estimate of drug-likeness (QED) is 0.162. The van der Waals surface area contributed by atoms with Gasteiger partial charge in [-0.3, -0.25) is 4.79 Å². The molecule has 8 heteroatoms. The van der Waals surface area contributed by atoms with Crippen LogP contribution >= 0.6 is 0 Å². The molecule has 4 aromatic carbocycles. The maximum atomic E-state index is 13.4. The minimum Gasteiger partial charge on any atom is -0.493 e. The van der Waals surface area contributed by atoms with E-state index >= 15 is 0 Å². The van der Waals surface area contributed by atoms with Gasteiger partial charge >= 0.3 is 5.97 Å². The van der Waals surface area contributed by atoms with E-state index in [2.05, 4.69) is 10.5 Å². The molecule has 0 aliphatic rings. The molecular weight excluding hydrogens is 475 g/mol. The average molecular weight is 499 g/mol. The van der Waals surface area contributed by atoms with E-state index in [-0.39, 0.29) is 17.1 Å². The Morgan fingerprint density at radius 3 is 2.11 bits per heavy atom. The standard InChI is InChI=1S/C29H23FN2O5/c1-36-26-17-20(15-16-25(26)37-27(33)21-9-8-14-24(30)18-21)19-31-32-28(34)29(35,22-10-4-2-5-11-22)23-12-6-3-7-13-23/h2-19,35H,1H3,(H,32,34)/b31-19-. The van der Waals surface area contributed by atoms with Crippen LogP contribution in [0.2, 0.25) is 0 Å². The molecule has 0 unspecified atom stereocenters. The topological polar surface area (TPSA) is 97.2 Å². The molecule has 4 rings (SSSR count). The summed E-state index contributed by atoms with van der Waals surface area (Å²) in [5, 5.41) is 15.4. The van der Waals surface area contributed by atoms with E-state index < -0.39 is 23.3 Å². The molecule has 0 bridgehead atoms. The molecule has 4 aromatic rings. The van der Waals surface area contributed by atoms with Gasteiger partial charge in [-0.05, 0) is 53.1 Å². The number of hydrogen-bond acceptors (Lipinski definition) is 6. The highest BCUT2D eigenvalue weighted by Gasteiger charge is 2.39. The van der Waals surface area contributed by atoms with Crippen LogP contribution in [0.15, 0.2) is 108 Å². The zero-order valence-electron chi connectivity index (χ0n) is 19.8. The van der Waals surface area contributed by atoms with E-state index in [1.807, 2.05) is 0 Å². The van der Waals surface area contributed by atoms with Crippen molar-refractivity contribution in [2.75, 3.05) is 7.11 Å². The third-order valence-corrected chi connectivity index (χ3v) is 5.54. The van der Waals surface area contributed by atoms with Crippen molar-refractivity contribution in [2.45, 2.75) is 5.60 Å². The van der Waals surface area contributed by atoms with Crippen LogP contribution in [0.5, 0.6) is 11.5 Å². The second kappa shape index (κ2) is 11.3. The highest BCUT2D eigenvalue weighted by molar-refractivity contribution is 5.92. The number of esters is 1. The van der Waals surface area contributed by atoms with Gasteiger partial charge in [0.2, 0.25) is 0 Å². The van der Waals surface area contributed by atoms with Crippen LogP contribution in [-0.2, 0) is 10.4 Å². The SMILES string of the molecule is COc1cc(/C=N\NC(=O)C(O)(c2ccccc2)c2ccccc2)ccc1OC(=O)c1cccc(F)c1. The molecule has 2 N–H and O–H groups in total. The Kier molecular flexibility index (Phi) is 7.71. The van der Waals surface area contributed by atoms with Gasteiger partial charge in [-0.15, -0.1) is 0 Å². The summed E-state index contributed by atoms with van der Waals surface area (Å²) in [6, 6.07) is 26.9. The Bertz CT molecular complexity index is 1390. The highest BCUT2D eigenvalue weighted by atomic mass is 19.1. The summed E-state index contributed by atoms with van der Waals surface area (Å²) in [6.45, 7) is 0. The lowest BCUT2D eigenvalue weighted by molar-refractivity contribution is -0.136. The molecule has 0 heterocycles. The van der Waals surface area contributed by atoms with Crippen molar-refractivity contribution >= 4 is 18.1 Å². The summed E-state index contributed by atoms with van der Waals surface area (Å²) in [5.41, 5.74) is 1.79. The van der Waals surface area contributed by atoms with E-state index in [4.69, 9.17) is 9.47 Å². The van der Waals surface area contributed by atoms with Crippen molar-refractivity contribution in [3.05, 3.63) is 131 Å². The molecule has 186 valence electrons. The zero-order valence-corrected chi connectivity index (χ0v) is 19.8. The predicted molar refractivity (Wildman–Crippen MR) is 136 cm³/mol. The van der Waals surface area contributed by atoms with Gasteiger partial charge in [-0.25, -0.2) is 14.6 Å². The zero-order chi connectivity index (χ0) is 26.3. The number of ether oxygens (including phenoxy) is 2. The number of carbonyl (C=O) groups excluding carboxylic acids is 2. The van der Waals surface area contributed by atoms with Crippen LogP contribution in [0.25, 0.3) is 0 Å². The molecule has 1 amide bonds. The van der Waals surface area contributed by atoms with Crippen LogP contribution in [0.4, 0.5) is 4.39 Å². The molecule has 0 saturated heterocycles. The Balaban J connectivity index is 1.51. The van der Waals surface area contributed by atoms with Gasteiger partial charge in [0, 0.05) is 0 Å². The fourth-order valence-corrected chi connectivity index (χ4v) is 3.66. The summed E-state index contributed by atoms with van der Waals surface area (Å²) in [6.07, 6.45) is 1.36. The van der Waals surface area contributed by atoms with Crippen molar-refractivity contribution in [1.82, 2.24) is 5.43 Å². The minimum atomic E-state index is -1.97. The van der Waals surface area contributed by atoms with Crippen LogP contribution in [0, 0.1) is 5.82 Å². The lowest BCUT2D eigenvalue weighted by Gasteiger charge is -2.27. The van der Waals surface area contributed by atoms with Crippen LogP contribution in [0.1, 0.15) is 27.0 Å². The molecule has 0 atom stereocenters. The van der Waals surface area contributed by atoms with Gasteiger partial charge in [-0.1, -0.05) is 66.7 Å². The molecule has 0 aliphatic heterocycles. The molecule has 0 fully saturated rings. The maximum Gasteiger partial charge on any atom is 0.343 e. The minimum absolute atomic E-state index is 0.0553. The van der Waals surface area contributed by atoms with Gasteiger partial charge in [0.15, 0.2) is 17.1 Å². The molecule has 37 heavy (non-hydrogen) atoms.